The minimum absolute atomic E-state index is 0.312. The van der Waals surface area contributed by atoms with Crippen LogP contribution in [-0.4, -0.2) is 0 Å². The molecule has 105 valence electrons. The van der Waals surface area contributed by atoms with Crippen molar-refractivity contribution in [1.82, 2.24) is 0 Å². The Balaban J connectivity index is 1.95. The highest BCUT2D eigenvalue weighted by molar-refractivity contribution is 5.86. The highest BCUT2D eigenvalue weighted by Crippen LogP contribution is 2.44. The molecule has 0 heteroatoms. The second-order valence-electron chi connectivity index (χ2n) is 6.97. The van der Waals surface area contributed by atoms with Crippen molar-refractivity contribution in [3.05, 3.63) is 54.4 Å². The summed E-state index contributed by atoms with van der Waals surface area (Å²) in [5.74, 6) is 1.59. The number of hydrogen-bond donors (Lipinski definition) is 0. The molecule has 1 radical (unpaired) electrons. The molecule has 3 rings (SSSR count). The van der Waals surface area contributed by atoms with Crippen molar-refractivity contribution in [2.75, 3.05) is 0 Å². The van der Waals surface area contributed by atoms with Crippen LogP contribution < -0.4 is 0 Å². The van der Waals surface area contributed by atoms with Gasteiger partial charge in [0.25, 0.3) is 0 Å². The molecular weight excluding hydrogens is 240 g/mol. The number of rotatable bonds is 2. The minimum atomic E-state index is 0.312. The van der Waals surface area contributed by atoms with Gasteiger partial charge in [0.2, 0.25) is 0 Å². The Morgan fingerprint density at radius 2 is 1.80 bits per heavy atom. The molecule has 2 unspecified atom stereocenters. The van der Waals surface area contributed by atoms with Gasteiger partial charge in [0.15, 0.2) is 0 Å². The molecule has 2 atom stereocenters. The third-order valence-corrected chi connectivity index (χ3v) is 5.20. The standard InChI is InChI=1S/C20H25/c1-15(2)16-11-13-20(3,14-12-16)19-10-6-8-17-7-4-5-9-18(17)19/h4-11,15-16H,12-14H2,1-3H3. The average molecular weight is 265 g/mol. The fraction of sp³-hybridized carbons (Fsp3) is 0.450. The molecule has 0 bridgehead atoms. The van der Waals surface area contributed by atoms with Gasteiger partial charge in [-0.2, -0.15) is 0 Å². The topological polar surface area (TPSA) is 0 Å². The maximum absolute atomic E-state index is 2.58. The first-order valence-electron chi connectivity index (χ1n) is 7.92. The number of benzene rings is 2. The maximum atomic E-state index is 2.58. The van der Waals surface area contributed by atoms with Crippen molar-refractivity contribution in [1.29, 1.82) is 0 Å². The van der Waals surface area contributed by atoms with Gasteiger partial charge in [-0.25, -0.2) is 0 Å². The zero-order chi connectivity index (χ0) is 14.2. The molecule has 0 nitrogen and oxygen atoms in total. The van der Waals surface area contributed by atoms with E-state index in [4.69, 9.17) is 0 Å². The van der Waals surface area contributed by atoms with E-state index in [-0.39, 0.29) is 0 Å². The van der Waals surface area contributed by atoms with Gasteiger partial charge in [-0.1, -0.05) is 63.2 Å². The first-order valence-corrected chi connectivity index (χ1v) is 7.92. The second kappa shape index (κ2) is 5.24. The Bertz CT molecular complexity index is 581. The third kappa shape index (κ3) is 2.37. The summed E-state index contributed by atoms with van der Waals surface area (Å²) in [6, 6.07) is 15.6. The predicted molar refractivity (Wildman–Crippen MR) is 87.8 cm³/mol. The van der Waals surface area contributed by atoms with Crippen LogP contribution in [0, 0.1) is 18.3 Å². The van der Waals surface area contributed by atoms with E-state index >= 15 is 0 Å². The van der Waals surface area contributed by atoms with Crippen molar-refractivity contribution >= 4 is 10.8 Å². The van der Waals surface area contributed by atoms with Gasteiger partial charge in [-0.3, -0.25) is 0 Å². The summed E-state index contributed by atoms with van der Waals surface area (Å²) in [5, 5.41) is 2.81. The highest BCUT2D eigenvalue weighted by Gasteiger charge is 2.34. The van der Waals surface area contributed by atoms with Crippen molar-refractivity contribution in [3.63, 3.8) is 0 Å². The Labute approximate surface area is 123 Å². The summed E-state index contributed by atoms with van der Waals surface area (Å²) < 4.78 is 0. The van der Waals surface area contributed by atoms with Crippen LogP contribution in [0.25, 0.3) is 10.8 Å². The van der Waals surface area contributed by atoms with Gasteiger partial charge < -0.3 is 0 Å². The summed E-state index contributed by atoms with van der Waals surface area (Å²) >= 11 is 0. The Morgan fingerprint density at radius 3 is 2.50 bits per heavy atom. The van der Waals surface area contributed by atoms with Crippen LogP contribution in [0.2, 0.25) is 0 Å². The Morgan fingerprint density at radius 1 is 1.05 bits per heavy atom. The molecule has 1 aliphatic carbocycles. The monoisotopic (exact) mass is 265 g/mol. The van der Waals surface area contributed by atoms with E-state index < -0.39 is 0 Å². The van der Waals surface area contributed by atoms with Gasteiger partial charge in [0.05, 0.1) is 0 Å². The zero-order valence-corrected chi connectivity index (χ0v) is 12.9. The SMILES string of the molecule is CC(C)C1[CH]CC(C)(c2cccc3ccccc23)CC1. The van der Waals surface area contributed by atoms with E-state index in [1.165, 1.54) is 35.6 Å². The molecule has 0 amide bonds. The first kappa shape index (κ1) is 13.7. The van der Waals surface area contributed by atoms with Crippen molar-refractivity contribution in [2.45, 2.75) is 45.4 Å². The summed E-state index contributed by atoms with van der Waals surface area (Å²) in [6.45, 7) is 7.14. The van der Waals surface area contributed by atoms with Crippen LogP contribution in [0.5, 0.6) is 0 Å². The van der Waals surface area contributed by atoms with Gasteiger partial charge >= 0.3 is 0 Å². The lowest BCUT2D eigenvalue weighted by atomic mass is 9.65. The quantitative estimate of drug-likeness (QED) is 0.647. The highest BCUT2D eigenvalue weighted by atomic mass is 14.4. The lowest BCUT2D eigenvalue weighted by molar-refractivity contribution is 0.267. The zero-order valence-electron chi connectivity index (χ0n) is 12.9. The van der Waals surface area contributed by atoms with Gasteiger partial charge in [-0.15, -0.1) is 0 Å². The molecule has 1 saturated carbocycles. The van der Waals surface area contributed by atoms with Crippen molar-refractivity contribution in [2.24, 2.45) is 11.8 Å². The fourth-order valence-corrected chi connectivity index (χ4v) is 3.72. The van der Waals surface area contributed by atoms with E-state index in [1.807, 2.05) is 0 Å². The molecule has 0 spiro atoms. The summed E-state index contributed by atoms with van der Waals surface area (Å²) in [5.41, 5.74) is 1.85. The van der Waals surface area contributed by atoms with Crippen LogP contribution in [-0.2, 0) is 5.41 Å². The normalized spacial score (nSPS) is 27.1. The molecule has 0 heterocycles. The van der Waals surface area contributed by atoms with Crippen molar-refractivity contribution in [3.8, 4) is 0 Å². The van der Waals surface area contributed by atoms with Crippen LogP contribution in [0.3, 0.4) is 0 Å². The summed E-state index contributed by atoms with van der Waals surface area (Å²) in [6.07, 6.45) is 6.43. The smallest absolute Gasteiger partial charge is 0.00662 e. The summed E-state index contributed by atoms with van der Waals surface area (Å²) in [4.78, 5) is 0. The van der Waals surface area contributed by atoms with E-state index in [9.17, 15) is 0 Å². The number of fused-ring (bicyclic) bond motifs is 1. The molecule has 2 aromatic rings. The third-order valence-electron chi connectivity index (χ3n) is 5.20. The minimum Gasteiger partial charge on any atom is -0.0625 e. The molecular formula is C20H25. The van der Waals surface area contributed by atoms with E-state index in [0.717, 1.165) is 11.8 Å². The molecule has 0 aliphatic heterocycles. The molecule has 0 N–H and O–H groups in total. The van der Waals surface area contributed by atoms with Gasteiger partial charge in [0, 0.05) is 0 Å². The molecule has 1 aliphatic rings. The molecule has 20 heavy (non-hydrogen) atoms. The second-order valence-corrected chi connectivity index (χ2v) is 6.97. The molecule has 0 saturated heterocycles. The maximum Gasteiger partial charge on any atom is -0.00662 e. The lowest BCUT2D eigenvalue weighted by Crippen LogP contribution is -2.31. The van der Waals surface area contributed by atoms with E-state index in [0.29, 0.717) is 5.41 Å². The van der Waals surface area contributed by atoms with Crippen LogP contribution in [0.15, 0.2) is 42.5 Å². The fourth-order valence-electron chi connectivity index (χ4n) is 3.72. The summed E-state index contributed by atoms with van der Waals surface area (Å²) in [7, 11) is 0. The number of hydrogen-bond acceptors (Lipinski definition) is 0. The van der Waals surface area contributed by atoms with Gasteiger partial charge in [0.1, 0.15) is 0 Å². The lowest BCUT2D eigenvalue weighted by Gasteiger charge is -2.39. The van der Waals surface area contributed by atoms with E-state index in [1.54, 1.807) is 0 Å². The Hall–Kier alpha value is -1.30. The Kier molecular flexibility index (Phi) is 3.58. The predicted octanol–water partition coefficient (Wildman–Crippen LogP) is 5.76. The molecule has 1 fully saturated rings. The average Bonchev–Trinajstić information content (AvgIpc) is 2.47. The van der Waals surface area contributed by atoms with E-state index in [2.05, 4.69) is 69.7 Å². The molecule has 2 aromatic carbocycles. The first-order chi connectivity index (χ1) is 9.60. The van der Waals surface area contributed by atoms with Crippen LogP contribution in [0.1, 0.15) is 45.6 Å². The van der Waals surface area contributed by atoms with Gasteiger partial charge in [-0.05, 0) is 59.3 Å². The molecule has 0 aromatic heterocycles. The van der Waals surface area contributed by atoms with Crippen LogP contribution >= 0.6 is 0 Å². The van der Waals surface area contributed by atoms with Crippen molar-refractivity contribution < 1.29 is 0 Å². The van der Waals surface area contributed by atoms with Crippen LogP contribution in [0.4, 0.5) is 0 Å². The largest absolute Gasteiger partial charge is 0.0625 e.